The summed E-state index contributed by atoms with van der Waals surface area (Å²) in [4.78, 5) is 31.3. The average molecular weight is 484 g/mol. The maximum atomic E-state index is 13.1. The van der Waals surface area contributed by atoms with Gasteiger partial charge in [-0.2, -0.15) is 23.3 Å². The van der Waals surface area contributed by atoms with Gasteiger partial charge in [-0.25, -0.2) is 4.90 Å². The van der Waals surface area contributed by atoms with Crippen molar-refractivity contribution < 1.29 is 27.3 Å². The molecule has 3 heterocycles. The molecule has 1 fully saturated rings. The molecule has 12 heteroatoms. The van der Waals surface area contributed by atoms with Crippen molar-refractivity contribution in [3.63, 3.8) is 0 Å². The molecule has 5 rings (SSSR count). The summed E-state index contributed by atoms with van der Waals surface area (Å²) >= 11 is 0. The number of benzene rings is 2. The maximum absolute atomic E-state index is 13.1. The van der Waals surface area contributed by atoms with Gasteiger partial charge in [-0.3, -0.25) is 14.6 Å². The topological polar surface area (TPSA) is 104 Å². The molecule has 180 valence electrons. The van der Waals surface area contributed by atoms with Crippen LogP contribution in [-0.2, 0) is 22.3 Å². The minimum atomic E-state index is -4.51. The van der Waals surface area contributed by atoms with Crippen molar-refractivity contribution in [2.75, 3.05) is 4.90 Å². The smallest absolute Gasteiger partial charge is 0.337 e. The summed E-state index contributed by atoms with van der Waals surface area (Å²) in [5, 5.41) is 12.9. The third kappa shape index (κ3) is 4.04. The van der Waals surface area contributed by atoms with E-state index in [1.54, 1.807) is 12.1 Å². The lowest BCUT2D eigenvalue weighted by molar-refractivity contribution is -0.137. The van der Waals surface area contributed by atoms with E-state index in [2.05, 4.69) is 20.5 Å². The molecule has 0 aliphatic carbocycles. The number of carbonyl (C=O) groups is 2. The van der Waals surface area contributed by atoms with Crippen LogP contribution in [0.3, 0.4) is 0 Å². The molecule has 2 aliphatic rings. The summed E-state index contributed by atoms with van der Waals surface area (Å²) in [6.07, 6.45) is -4.51. The predicted molar refractivity (Wildman–Crippen MR) is 116 cm³/mol. The molecular formula is C23H19F3N6O3. The predicted octanol–water partition coefficient (Wildman–Crippen LogP) is 4.37. The number of fused-ring (bicyclic) bond motifs is 1. The summed E-state index contributed by atoms with van der Waals surface area (Å²) in [7, 11) is 0. The maximum Gasteiger partial charge on any atom is 0.416 e. The highest BCUT2D eigenvalue weighted by Gasteiger charge is 2.55. The van der Waals surface area contributed by atoms with E-state index in [9.17, 15) is 22.8 Å². The molecule has 9 nitrogen and oxygen atoms in total. The Labute approximate surface area is 197 Å². The van der Waals surface area contributed by atoms with Crippen molar-refractivity contribution in [3.8, 4) is 11.4 Å². The fraction of sp³-hybridized carbons (Fsp3) is 0.304. The first-order valence-electron chi connectivity index (χ1n) is 10.8. The first-order valence-corrected chi connectivity index (χ1v) is 10.8. The van der Waals surface area contributed by atoms with Gasteiger partial charge in [-0.15, -0.1) is 0 Å². The zero-order chi connectivity index (χ0) is 24.9. The second-order valence-corrected chi connectivity index (χ2v) is 8.54. The van der Waals surface area contributed by atoms with Crippen LogP contribution in [0.15, 0.2) is 63.4 Å². The van der Waals surface area contributed by atoms with Crippen molar-refractivity contribution in [2.24, 2.45) is 10.3 Å². The summed E-state index contributed by atoms with van der Waals surface area (Å²) in [6.45, 7) is 3.94. The fourth-order valence-corrected chi connectivity index (χ4v) is 4.03. The number of halogens is 3. The van der Waals surface area contributed by atoms with Gasteiger partial charge in [0.25, 0.3) is 11.8 Å². The average Bonchev–Trinajstić information content (AvgIpc) is 3.52. The summed E-state index contributed by atoms with van der Waals surface area (Å²) in [6, 6.07) is 9.72. The van der Waals surface area contributed by atoms with E-state index in [1.807, 2.05) is 26.0 Å². The third-order valence-corrected chi connectivity index (χ3v) is 5.89. The van der Waals surface area contributed by atoms with Gasteiger partial charge in [0, 0.05) is 5.56 Å². The number of hydrogen-bond donors (Lipinski definition) is 0. The number of rotatable bonds is 5. The van der Waals surface area contributed by atoms with Crippen LogP contribution in [0.2, 0.25) is 0 Å². The van der Waals surface area contributed by atoms with Crippen molar-refractivity contribution in [2.45, 2.75) is 44.6 Å². The van der Waals surface area contributed by atoms with Crippen LogP contribution in [0.25, 0.3) is 11.4 Å². The first-order chi connectivity index (χ1) is 16.6. The molecule has 0 bridgehead atoms. The number of carbonyl (C=O) groups excluding carboxylic acids is 2. The van der Waals surface area contributed by atoms with Gasteiger partial charge in [-0.1, -0.05) is 48.5 Å². The Balaban J connectivity index is 1.34. The van der Waals surface area contributed by atoms with Crippen LogP contribution in [0.5, 0.6) is 0 Å². The van der Waals surface area contributed by atoms with Gasteiger partial charge in [-0.05, 0) is 35.7 Å². The lowest BCUT2D eigenvalue weighted by Gasteiger charge is -2.19. The van der Waals surface area contributed by atoms with Gasteiger partial charge in [0.1, 0.15) is 6.54 Å². The first kappa shape index (κ1) is 22.7. The van der Waals surface area contributed by atoms with Gasteiger partial charge in [0.05, 0.1) is 11.3 Å². The quantitative estimate of drug-likeness (QED) is 0.498. The lowest BCUT2D eigenvalue weighted by atomic mass is 10.0. The van der Waals surface area contributed by atoms with E-state index in [4.69, 9.17) is 4.52 Å². The van der Waals surface area contributed by atoms with Crippen LogP contribution >= 0.6 is 0 Å². The molecule has 2 aliphatic heterocycles. The summed E-state index contributed by atoms with van der Waals surface area (Å²) in [5.41, 5.74) is 0.800. The highest BCUT2D eigenvalue weighted by molar-refractivity contribution is 6.25. The number of nitrogens with zero attached hydrogens (tertiary/aromatic N) is 6. The Bertz CT molecular complexity index is 1320. The van der Waals surface area contributed by atoms with Gasteiger partial charge in [0.15, 0.2) is 12.1 Å². The molecule has 2 atom stereocenters. The zero-order valence-electron chi connectivity index (χ0n) is 18.6. The Morgan fingerprint density at radius 3 is 2.49 bits per heavy atom. The molecule has 2 amide bonds. The van der Waals surface area contributed by atoms with E-state index in [1.165, 1.54) is 17.1 Å². The Morgan fingerprint density at radius 1 is 1.06 bits per heavy atom. The van der Waals surface area contributed by atoms with Crippen LogP contribution in [0.1, 0.15) is 36.8 Å². The van der Waals surface area contributed by atoms with Crippen LogP contribution in [0.4, 0.5) is 18.9 Å². The Kier molecular flexibility index (Phi) is 5.37. The van der Waals surface area contributed by atoms with Crippen LogP contribution in [0, 0.1) is 0 Å². The van der Waals surface area contributed by atoms with E-state index in [0.29, 0.717) is 11.6 Å². The minimum Gasteiger partial charge on any atom is -0.337 e. The van der Waals surface area contributed by atoms with E-state index in [-0.39, 0.29) is 23.8 Å². The number of amides is 2. The molecule has 1 saturated heterocycles. The SMILES string of the molecule is CC(C)c1ccc(N2C(=O)C3N=NN(Cc4nc(-c5cccc(C(F)(F)F)c5)no4)C3C2=O)cc1. The number of aromatic nitrogens is 2. The summed E-state index contributed by atoms with van der Waals surface area (Å²) in [5.74, 6) is -0.706. The standard InChI is InChI=1S/C23H19F3N6O3/c1-12(2)13-6-8-16(9-7-13)32-21(33)18-19(22(32)34)31(30-28-18)11-17-27-20(29-35-17)14-4-3-5-15(10-14)23(24,25)26/h3-10,12,18-19H,11H2,1-2H3. The van der Waals surface area contributed by atoms with E-state index >= 15 is 0 Å². The van der Waals surface area contributed by atoms with Gasteiger partial charge in [0.2, 0.25) is 11.7 Å². The molecule has 2 unspecified atom stereocenters. The minimum absolute atomic E-state index is 0.0111. The largest absolute Gasteiger partial charge is 0.416 e. The number of imide groups is 1. The van der Waals surface area contributed by atoms with Gasteiger partial charge >= 0.3 is 6.18 Å². The number of hydrogen-bond acceptors (Lipinski definition) is 8. The normalized spacial score (nSPS) is 19.8. The molecule has 0 saturated carbocycles. The van der Waals surface area contributed by atoms with Crippen molar-refractivity contribution >= 4 is 17.5 Å². The second-order valence-electron chi connectivity index (χ2n) is 8.54. The summed E-state index contributed by atoms with van der Waals surface area (Å²) < 4.78 is 44.2. The lowest BCUT2D eigenvalue weighted by Crippen LogP contribution is -2.39. The molecule has 1 aromatic heterocycles. The van der Waals surface area contributed by atoms with Crippen molar-refractivity contribution in [1.29, 1.82) is 0 Å². The molecule has 3 aromatic rings. The van der Waals surface area contributed by atoms with E-state index < -0.39 is 35.6 Å². The Morgan fingerprint density at radius 2 is 1.80 bits per heavy atom. The molecule has 0 radical (unpaired) electrons. The van der Waals surface area contributed by atoms with Crippen molar-refractivity contribution in [3.05, 3.63) is 65.5 Å². The Hall–Kier alpha value is -4.09. The van der Waals surface area contributed by atoms with Crippen LogP contribution in [-0.4, -0.2) is 39.0 Å². The second kappa shape index (κ2) is 8.29. The van der Waals surface area contributed by atoms with Gasteiger partial charge < -0.3 is 4.52 Å². The highest BCUT2D eigenvalue weighted by Crippen LogP contribution is 2.34. The van der Waals surface area contributed by atoms with E-state index in [0.717, 1.165) is 22.6 Å². The molecule has 0 N–H and O–H groups in total. The fourth-order valence-electron chi connectivity index (χ4n) is 4.03. The van der Waals surface area contributed by atoms with Crippen LogP contribution < -0.4 is 4.90 Å². The van der Waals surface area contributed by atoms with Crippen molar-refractivity contribution in [1.82, 2.24) is 15.1 Å². The molecule has 35 heavy (non-hydrogen) atoms. The zero-order valence-corrected chi connectivity index (χ0v) is 18.6. The molecule has 0 spiro atoms. The highest BCUT2D eigenvalue weighted by atomic mass is 19.4. The molecular weight excluding hydrogens is 465 g/mol. The monoisotopic (exact) mass is 484 g/mol. The number of anilines is 1. The third-order valence-electron chi connectivity index (χ3n) is 5.89. The molecule has 2 aromatic carbocycles. The number of alkyl halides is 3.